The number of benzene rings is 2. The van der Waals surface area contributed by atoms with Gasteiger partial charge < -0.3 is 14.5 Å². The van der Waals surface area contributed by atoms with Gasteiger partial charge in [0.1, 0.15) is 6.10 Å². The van der Waals surface area contributed by atoms with Gasteiger partial charge in [0.25, 0.3) is 5.91 Å². The highest BCUT2D eigenvalue weighted by Gasteiger charge is 2.32. The van der Waals surface area contributed by atoms with Crippen molar-refractivity contribution in [2.45, 2.75) is 25.7 Å². The fourth-order valence-electron chi connectivity index (χ4n) is 4.27. The number of aromatic nitrogens is 3. The first-order chi connectivity index (χ1) is 16.1. The largest absolute Gasteiger partial charge is 0.365 e. The van der Waals surface area contributed by atoms with Gasteiger partial charge in [0.05, 0.1) is 25.3 Å². The maximum atomic E-state index is 13.1. The topological polar surface area (TPSA) is 80.6 Å². The summed E-state index contributed by atoms with van der Waals surface area (Å²) >= 11 is 6.18. The second kappa shape index (κ2) is 9.33. The molecule has 2 amide bonds. The zero-order valence-corrected chi connectivity index (χ0v) is 18.8. The number of rotatable bonds is 4. The van der Waals surface area contributed by atoms with Gasteiger partial charge in [-0.25, -0.2) is 4.68 Å². The van der Waals surface area contributed by atoms with Crippen molar-refractivity contribution < 1.29 is 14.3 Å². The Bertz CT molecular complexity index is 1160. The molecular formula is C24H24ClN5O3. The van der Waals surface area contributed by atoms with Crippen molar-refractivity contribution in [3.63, 3.8) is 0 Å². The Kier molecular flexibility index (Phi) is 6.11. The smallest absolute Gasteiger partial charge is 0.276 e. The summed E-state index contributed by atoms with van der Waals surface area (Å²) in [5, 5.41) is 8.97. The van der Waals surface area contributed by atoms with Crippen molar-refractivity contribution in [1.29, 1.82) is 0 Å². The molecule has 1 fully saturated rings. The van der Waals surface area contributed by atoms with Gasteiger partial charge in [-0.05, 0) is 17.2 Å². The van der Waals surface area contributed by atoms with Gasteiger partial charge in [-0.2, -0.15) is 0 Å². The highest BCUT2D eigenvalue weighted by Crippen LogP contribution is 2.27. The maximum absolute atomic E-state index is 13.1. The highest BCUT2D eigenvalue weighted by atomic mass is 35.5. The van der Waals surface area contributed by atoms with Crippen LogP contribution >= 0.6 is 11.6 Å². The third-order valence-corrected chi connectivity index (χ3v) is 6.56. The van der Waals surface area contributed by atoms with Crippen LogP contribution in [0.4, 0.5) is 0 Å². The molecule has 1 aromatic heterocycles. The molecule has 3 heterocycles. The normalized spacial score (nSPS) is 18.2. The fourth-order valence-corrected chi connectivity index (χ4v) is 4.47. The van der Waals surface area contributed by atoms with E-state index < -0.39 is 0 Å². The van der Waals surface area contributed by atoms with Crippen molar-refractivity contribution >= 4 is 23.4 Å². The molecule has 9 heteroatoms. The lowest BCUT2D eigenvalue weighted by atomic mass is 10.1. The lowest BCUT2D eigenvalue weighted by molar-refractivity contribution is -0.131. The summed E-state index contributed by atoms with van der Waals surface area (Å²) in [6, 6.07) is 17.3. The van der Waals surface area contributed by atoms with E-state index in [0.717, 1.165) is 11.1 Å². The summed E-state index contributed by atoms with van der Waals surface area (Å²) in [6.07, 6.45) is 0.141. The zero-order chi connectivity index (χ0) is 22.8. The highest BCUT2D eigenvalue weighted by molar-refractivity contribution is 6.31. The number of ether oxygens (including phenoxy) is 1. The first kappa shape index (κ1) is 21.6. The minimum atomic E-state index is -0.170. The number of carbonyl (C=O) groups excluding carboxylic acids is 2. The predicted molar refractivity (Wildman–Crippen MR) is 122 cm³/mol. The van der Waals surface area contributed by atoms with Crippen LogP contribution in [-0.2, 0) is 29.1 Å². The molecule has 2 aliphatic heterocycles. The van der Waals surface area contributed by atoms with Gasteiger partial charge in [0.15, 0.2) is 5.69 Å². The molecule has 8 nitrogen and oxygen atoms in total. The monoisotopic (exact) mass is 465 g/mol. The first-order valence-electron chi connectivity index (χ1n) is 11.0. The average Bonchev–Trinajstić information content (AvgIpc) is 3.29. The SMILES string of the molecule is O=C(Cc1ccccc1Cl)N1CCN(C(=O)c2nnn3c2COC(c2ccccc2)C3)CC1. The summed E-state index contributed by atoms with van der Waals surface area (Å²) in [7, 11) is 0. The van der Waals surface area contributed by atoms with Gasteiger partial charge in [-0.1, -0.05) is 65.3 Å². The molecule has 1 saturated heterocycles. The van der Waals surface area contributed by atoms with Gasteiger partial charge in [-0.3, -0.25) is 9.59 Å². The third kappa shape index (κ3) is 4.49. The van der Waals surface area contributed by atoms with E-state index in [0.29, 0.717) is 49.1 Å². The van der Waals surface area contributed by atoms with E-state index in [1.54, 1.807) is 20.5 Å². The number of carbonyl (C=O) groups is 2. The second-order valence-corrected chi connectivity index (χ2v) is 8.63. The van der Waals surface area contributed by atoms with Gasteiger partial charge >= 0.3 is 0 Å². The van der Waals surface area contributed by atoms with Crippen LogP contribution in [0.3, 0.4) is 0 Å². The van der Waals surface area contributed by atoms with Crippen molar-refractivity contribution in [2.75, 3.05) is 26.2 Å². The van der Waals surface area contributed by atoms with E-state index in [4.69, 9.17) is 16.3 Å². The molecular weight excluding hydrogens is 442 g/mol. The Morgan fingerprint density at radius 1 is 0.970 bits per heavy atom. The number of nitrogens with zero attached hydrogens (tertiary/aromatic N) is 5. The molecule has 0 N–H and O–H groups in total. The Morgan fingerprint density at radius 3 is 2.42 bits per heavy atom. The van der Waals surface area contributed by atoms with Crippen LogP contribution in [0, 0.1) is 0 Å². The molecule has 170 valence electrons. The molecule has 3 aromatic rings. The minimum absolute atomic E-state index is 0.0107. The Labute approximate surface area is 196 Å². The lowest BCUT2D eigenvalue weighted by Crippen LogP contribution is -2.51. The second-order valence-electron chi connectivity index (χ2n) is 8.22. The first-order valence-corrected chi connectivity index (χ1v) is 11.4. The molecule has 1 atom stereocenters. The molecule has 0 radical (unpaired) electrons. The number of hydrogen-bond acceptors (Lipinski definition) is 5. The molecule has 2 aliphatic rings. The Morgan fingerprint density at radius 2 is 1.67 bits per heavy atom. The zero-order valence-electron chi connectivity index (χ0n) is 18.1. The molecule has 0 saturated carbocycles. The van der Waals surface area contributed by atoms with E-state index in [9.17, 15) is 9.59 Å². The molecule has 0 bridgehead atoms. The van der Waals surface area contributed by atoms with Gasteiger partial charge in [-0.15, -0.1) is 5.10 Å². The van der Waals surface area contributed by atoms with Gasteiger partial charge in [0.2, 0.25) is 5.91 Å². The molecule has 2 aromatic carbocycles. The lowest BCUT2D eigenvalue weighted by Gasteiger charge is -2.34. The molecule has 0 spiro atoms. The van der Waals surface area contributed by atoms with Crippen LogP contribution in [0.5, 0.6) is 0 Å². The average molecular weight is 466 g/mol. The summed E-state index contributed by atoms with van der Waals surface area (Å²) in [4.78, 5) is 29.3. The number of fused-ring (bicyclic) bond motifs is 1. The summed E-state index contributed by atoms with van der Waals surface area (Å²) in [5.41, 5.74) is 2.91. The summed E-state index contributed by atoms with van der Waals surface area (Å²) < 4.78 is 7.77. The van der Waals surface area contributed by atoms with Crippen LogP contribution in [0.2, 0.25) is 5.02 Å². The number of amides is 2. The van der Waals surface area contributed by atoms with Gasteiger partial charge in [0, 0.05) is 31.2 Å². The van der Waals surface area contributed by atoms with E-state index in [1.807, 2.05) is 48.5 Å². The number of hydrogen-bond donors (Lipinski definition) is 0. The van der Waals surface area contributed by atoms with Crippen molar-refractivity contribution in [3.8, 4) is 0 Å². The maximum Gasteiger partial charge on any atom is 0.276 e. The Balaban J connectivity index is 1.20. The molecule has 1 unspecified atom stereocenters. The van der Waals surface area contributed by atoms with Crippen LogP contribution in [0.15, 0.2) is 54.6 Å². The number of halogens is 1. The van der Waals surface area contributed by atoms with Crippen molar-refractivity contribution in [3.05, 3.63) is 82.1 Å². The van der Waals surface area contributed by atoms with E-state index in [-0.39, 0.29) is 30.9 Å². The van der Waals surface area contributed by atoms with Crippen LogP contribution in [-0.4, -0.2) is 62.8 Å². The molecule has 0 aliphatic carbocycles. The molecule has 5 rings (SSSR count). The number of piperazine rings is 1. The summed E-state index contributed by atoms with van der Waals surface area (Å²) in [5.74, 6) is -0.159. The fraction of sp³-hybridized carbons (Fsp3) is 0.333. The van der Waals surface area contributed by atoms with Crippen LogP contribution < -0.4 is 0 Å². The van der Waals surface area contributed by atoms with Crippen LogP contribution in [0.25, 0.3) is 0 Å². The minimum Gasteiger partial charge on any atom is -0.365 e. The van der Waals surface area contributed by atoms with E-state index >= 15 is 0 Å². The summed E-state index contributed by atoms with van der Waals surface area (Å²) in [6.45, 7) is 2.66. The predicted octanol–water partition coefficient (Wildman–Crippen LogP) is 2.73. The third-order valence-electron chi connectivity index (χ3n) is 6.19. The van der Waals surface area contributed by atoms with Crippen LogP contribution in [0.1, 0.15) is 33.4 Å². The molecule has 33 heavy (non-hydrogen) atoms. The van der Waals surface area contributed by atoms with E-state index in [2.05, 4.69) is 10.3 Å². The van der Waals surface area contributed by atoms with E-state index in [1.165, 1.54) is 0 Å². The standard InChI is InChI=1S/C24H24ClN5O3/c25-19-9-5-4-8-18(19)14-22(31)28-10-12-29(13-11-28)24(32)23-20-16-33-21(15-30(20)27-26-23)17-6-2-1-3-7-17/h1-9,21H,10-16H2. The van der Waals surface area contributed by atoms with Crippen molar-refractivity contribution in [2.24, 2.45) is 0 Å². The quantitative estimate of drug-likeness (QED) is 0.592. The Hall–Kier alpha value is -3.23. The van der Waals surface area contributed by atoms with Crippen molar-refractivity contribution in [1.82, 2.24) is 24.8 Å².